The second kappa shape index (κ2) is 15.8. The van der Waals surface area contributed by atoms with Crippen LogP contribution in [0.1, 0.15) is 54.7 Å². The number of hydrogen-bond acceptors (Lipinski definition) is 10. The molecule has 4 rings (SSSR count). The van der Waals surface area contributed by atoms with Crippen LogP contribution < -0.4 is 9.47 Å². The largest absolute Gasteiger partial charge is 0.493 e. The van der Waals surface area contributed by atoms with Crippen molar-refractivity contribution in [2.75, 3.05) is 14.2 Å². The number of nitrogens with zero attached hydrogens (tertiary/aromatic N) is 3. The molecule has 0 radical (unpaired) electrons. The van der Waals surface area contributed by atoms with Crippen LogP contribution >= 0.6 is 0 Å². The van der Waals surface area contributed by atoms with Crippen LogP contribution in [0.15, 0.2) is 53.3 Å². The maximum absolute atomic E-state index is 10.3. The summed E-state index contributed by atoms with van der Waals surface area (Å²) in [7, 11) is 3.35. The van der Waals surface area contributed by atoms with Gasteiger partial charge in [0, 0.05) is 44.0 Å². The molecule has 13 nitrogen and oxygen atoms in total. The highest BCUT2D eigenvalue weighted by Gasteiger charge is 2.40. The predicted molar refractivity (Wildman–Crippen MR) is 156 cm³/mol. The molecule has 1 aromatic carbocycles. The second-order valence-electron chi connectivity index (χ2n) is 10.8. The van der Waals surface area contributed by atoms with E-state index < -0.39 is 36.4 Å². The van der Waals surface area contributed by atoms with E-state index in [1.165, 1.54) is 30.4 Å². The molecule has 0 amide bonds. The topological polar surface area (TPSA) is 193 Å². The van der Waals surface area contributed by atoms with Gasteiger partial charge in [0.25, 0.3) is 0 Å². The van der Waals surface area contributed by atoms with Gasteiger partial charge in [0.2, 0.25) is 0 Å². The summed E-state index contributed by atoms with van der Waals surface area (Å²) in [6, 6.07) is 13.0. The molecular formula is C31H39N3O10. The zero-order valence-electron chi connectivity index (χ0n) is 25.0. The Balaban J connectivity index is 0.000000345. The van der Waals surface area contributed by atoms with E-state index in [1.807, 2.05) is 25.4 Å². The maximum Gasteiger partial charge on any atom is 0.336 e. The first-order chi connectivity index (χ1) is 20.9. The van der Waals surface area contributed by atoms with E-state index in [9.17, 15) is 14.4 Å². The van der Waals surface area contributed by atoms with Crippen LogP contribution in [0.4, 0.5) is 0 Å². The molecule has 2 aromatic heterocycles. The van der Waals surface area contributed by atoms with Gasteiger partial charge in [-0.05, 0) is 61.1 Å². The molecule has 0 unspecified atom stereocenters. The molecule has 4 N–H and O–H groups in total. The number of aryl methyl sites for hydroxylation is 1. The summed E-state index contributed by atoms with van der Waals surface area (Å²) in [5, 5.41) is 37.9. The van der Waals surface area contributed by atoms with Crippen LogP contribution in [0.25, 0.3) is 0 Å². The van der Waals surface area contributed by atoms with Gasteiger partial charge in [-0.2, -0.15) is 0 Å². The van der Waals surface area contributed by atoms with Gasteiger partial charge in [0.15, 0.2) is 17.1 Å². The van der Waals surface area contributed by atoms with Crippen molar-refractivity contribution in [3.8, 4) is 11.5 Å². The van der Waals surface area contributed by atoms with Crippen molar-refractivity contribution in [2.24, 2.45) is 5.92 Å². The molecule has 13 heteroatoms. The zero-order chi connectivity index (χ0) is 32.3. The van der Waals surface area contributed by atoms with Crippen LogP contribution in [0.3, 0.4) is 0 Å². The zero-order valence-corrected chi connectivity index (χ0v) is 25.0. The number of benzene rings is 1. The van der Waals surface area contributed by atoms with E-state index in [1.54, 1.807) is 14.2 Å². The third-order valence-corrected chi connectivity index (χ3v) is 7.48. The van der Waals surface area contributed by atoms with E-state index in [4.69, 9.17) is 34.4 Å². The van der Waals surface area contributed by atoms with Gasteiger partial charge in [0.05, 0.1) is 32.8 Å². The van der Waals surface area contributed by atoms with Crippen molar-refractivity contribution in [1.29, 1.82) is 0 Å². The van der Waals surface area contributed by atoms with Crippen molar-refractivity contribution < 1.29 is 48.8 Å². The lowest BCUT2D eigenvalue weighted by atomic mass is 9.95. The first-order valence-electron chi connectivity index (χ1n) is 14.1. The first-order valence-corrected chi connectivity index (χ1v) is 14.1. The summed E-state index contributed by atoms with van der Waals surface area (Å²) in [5.74, 6) is -1.95. The number of rotatable bonds is 14. The number of aromatic nitrogens is 2. The normalized spacial score (nSPS) is 16.2. The third-order valence-electron chi connectivity index (χ3n) is 7.48. The number of aliphatic hydroxyl groups is 1. The molecule has 3 aromatic rings. The lowest BCUT2D eigenvalue weighted by Crippen LogP contribution is -2.42. The van der Waals surface area contributed by atoms with Crippen LogP contribution in [0.5, 0.6) is 11.5 Å². The lowest BCUT2D eigenvalue weighted by Gasteiger charge is -2.33. The minimum Gasteiger partial charge on any atom is -0.493 e. The molecule has 1 saturated carbocycles. The quantitative estimate of drug-likeness (QED) is 0.206. The Bertz CT molecular complexity index is 1380. The van der Waals surface area contributed by atoms with Crippen molar-refractivity contribution in [2.45, 2.75) is 70.2 Å². The summed E-state index contributed by atoms with van der Waals surface area (Å²) in [5.41, 5.74) is 0.700. The fraction of sp³-hybridized carbons (Fsp3) is 0.452. The summed E-state index contributed by atoms with van der Waals surface area (Å²) >= 11 is 0. The number of aliphatic carboxylic acids is 3. The predicted octanol–water partition coefficient (Wildman–Crippen LogP) is 3.56. The molecule has 0 saturated heterocycles. The molecule has 2 atom stereocenters. The number of pyridine rings is 1. The minimum atomic E-state index is -2.74. The lowest BCUT2D eigenvalue weighted by molar-refractivity contribution is -0.170. The van der Waals surface area contributed by atoms with Gasteiger partial charge in [-0.15, -0.1) is 0 Å². The highest BCUT2D eigenvalue weighted by atomic mass is 16.5. The number of carbonyl (C=O) groups is 3. The van der Waals surface area contributed by atoms with E-state index in [0.29, 0.717) is 12.0 Å². The Kier molecular flexibility index (Phi) is 12.2. The van der Waals surface area contributed by atoms with Crippen LogP contribution in [0.2, 0.25) is 0 Å². The molecule has 44 heavy (non-hydrogen) atoms. The number of carboxylic acid groups (broad SMARTS) is 3. The Labute approximate surface area is 255 Å². The molecular weight excluding hydrogens is 574 g/mol. The Hall–Kier alpha value is -4.49. The summed E-state index contributed by atoms with van der Waals surface area (Å²) < 4.78 is 16.5. The fourth-order valence-corrected chi connectivity index (χ4v) is 5.45. The van der Waals surface area contributed by atoms with Crippen molar-refractivity contribution in [3.05, 3.63) is 71.4 Å². The Morgan fingerprint density at radius 1 is 0.932 bits per heavy atom. The molecule has 1 aliphatic rings. The van der Waals surface area contributed by atoms with Gasteiger partial charge < -0.3 is 34.4 Å². The minimum absolute atomic E-state index is 0.478. The smallest absolute Gasteiger partial charge is 0.336 e. The molecule has 2 heterocycles. The number of methoxy groups -OCH3 is 2. The molecule has 238 valence electrons. The highest BCUT2D eigenvalue weighted by Crippen LogP contribution is 2.35. The molecule has 1 fully saturated rings. The van der Waals surface area contributed by atoms with E-state index in [2.05, 4.69) is 45.4 Å². The molecule has 0 spiro atoms. The van der Waals surface area contributed by atoms with E-state index >= 15 is 0 Å². The number of ether oxygens (including phenoxy) is 2. The number of carboxylic acids is 3. The van der Waals surface area contributed by atoms with Crippen LogP contribution in [-0.2, 0) is 33.9 Å². The summed E-state index contributed by atoms with van der Waals surface area (Å²) in [4.78, 5) is 37.3. The van der Waals surface area contributed by atoms with E-state index in [-0.39, 0.29) is 0 Å². The summed E-state index contributed by atoms with van der Waals surface area (Å²) in [6.45, 7) is 3.71. The van der Waals surface area contributed by atoms with Crippen LogP contribution in [-0.4, -0.2) is 79.2 Å². The van der Waals surface area contributed by atoms with Crippen molar-refractivity contribution in [3.63, 3.8) is 0 Å². The Morgan fingerprint density at radius 2 is 1.57 bits per heavy atom. The van der Waals surface area contributed by atoms with Gasteiger partial charge in [-0.25, -0.2) is 4.79 Å². The third kappa shape index (κ3) is 9.78. The monoisotopic (exact) mass is 613 g/mol. The number of hydrogen-bond donors (Lipinski definition) is 4. The SMILES string of the molecule is COc1ccc(CN(Cc2ccncc2)[C@@H]2CCC[C@H]2Cc2cc(C)no2)cc1OC.O=C(O)CC(O)(CC(=O)O)C(=O)O. The van der Waals surface area contributed by atoms with Gasteiger partial charge >= 0.3 is 17.9 Å². The van der Waals surface area contributed by atoms with Crippen LogP contribution in [0, 0.1) is 12.8 Å². The van der Waals surface area contributed by atoms with Gasteiger partial charge in [-0.3, -0.25) is 19.5 Å². The average Bonchev–Trinajstić information content (AvgIpc) is 3.61. The molecule has 1 aliphatic carbocycles. The molecule has 0 bridgehead atoms. The van der Waals surface area contributed by atoms with Crippen molar-refractivity contribution >= 4 is 17.9 Å². The maximum atomic E-state index is 10.3. The fourth-order valence-electron chi connectivity index (χ4n) is 5.45. The van der Waals surface area contributed by atoms with Crippen molar-refractivity contribution in [1.82, 2.24) is 15.0 Å². The Morgan fingerprint density at radius 3 is 2.11 bits per heavy atom. The summed E-state index contributed by atoms with van der Waals surface area (Å²) in [6.07, 6.45) is 6.02. The van der Waals surface area contributed by atoms with E-state index in [0.717, 1.165) is 42.5 Å². The highest BCUT2D eigenvalue weighted by molar-refractivity contribution is 5.88. The first kappa shape index (κ1) is 34.0. The van der Waals surface area contributed by atoms with Gasteiger partial charge in [0.1, 0.15) is 5.76 Å². The molecule has 0 aliphatic heterocycles. The average molecular weight is 614 g/mol. The van der Waals surface area contributed by atoms with Gasteiger partial charge in [-0.1, -0.05) is 17.6 Å². The second-order valence-corrected chi connectivity index (χ2v) is 10.8. The standard InChI is InChI=1S/C25H31N3O3.C6H8O7/c1-18-13-22(31-27-18)15-21-5-4-6-23(21)28(16-19-9-11-26-12-10-19)17-20-7-8-24(29-2)25(14-20)30-3;7-3(8)1-6(13,5(11)12)2-4(9)10/h7-14,21,23H,4-6,15-17H2,1-3H3;13H,1-2H2,(H,7,8)(H,9,10)(H,11,12)/t21-,23+;/m0./s1.